The van der Waals surface area contributed by atoms with Crippen LogP contribution in [0.5, 0.6) is 0 Å². The third-order valence-electron chi connectivity index (χ3n) is 1.84. The minimum Gasteiger partial charge on any atom is -0.405 e. The lowest BCUT2D eigenvalue weighted by molar-refractivity contribution is 0.300. The Balaban J connectivity index is 3.42. The molecule has 0 aromatic carbocycles. The van der Waals surface area contributed by atoms with E-state index in [0.29, 0.717) is 5.92 Å². The first-order chi connectivity index (χ1) is 5.20. The fourth-order valence-corrected chi connectivity index (χ4v) is 1.05. The van der Waals surface area contributed by atoms with Crippen molar-refractivity contribution in [3.8, 4) is 0 Å². The van der Waals surface area contributed by atoms with Gasteiger partial charge in [0.25, 0.3) is 0 Å². The third-order valence-corrected chi connectivity index (χ3v) is 1.84. The molecule has 0 radical (unpaired) electrons. The zero-order valence-electron chi connectivity index (χ0n) is 7.88. The van der Waals surface area contributed by atoms with Crippen LogP contribution in [0.2, 0.25) is 0 Å². The van der Waals surface area contributed by atoms with E-state index in [9.17, 15) is 0 Å². The Hall–Kier alpha value is -0.500. The van der Waals surface area contributed by atoms with Gasteiger partial charge in [0.1, 0.15) is 0 Å². The molecule has 1 unspecified atom stereocenters. The Kier molecular flexibility index (Phi) is 5.94. The molecule has 0 bridgehead atoms. The van der Waals surface area contributed by atoms with E-state index in [4.69, 9.17) is 5.73 Å². The van der Waals surface area contributed by atoms with Crippen molar-refractivity contribution in [3.05, 3.63) is 12.3 Å². The molecule has 0 rings (SSSR count). The Morgan fingerprint density at radius 2 is 2.18 bits per heavy atom. The molecule has 0 aliphatic heterocycles. The second kappa shape index (κ2) is 6.23. The molecule has 0 fully saturated rings. The normalized spacial score (nSPS) is 14.5. The summed E-state index contributed by atoms with van der Waals surface area (Å²) in [5, 5.41) is 0. The lowest BCUT2D eigenvalue weighted by Crippen LogP contribution is -2.23. The number of nitrogens with zero attached hydrogens (tertiary/aromatic N) is 1. The molecule has 0 amide bonds. The quantitative estimate of drug-likeness (QED) is 0.652. The minimum atomic E-state index is 0.708. The number of nitrogens with two attached hydrogens (primary N) is 1. The first-order valence-electron chi connectivity index (χ1n) is 4.26. The van der Waals surface area contributed by atoms with Crippen LogP contribution in [0.3, 0.4) is 0 Å². The molecular formula is C9H20N2. The number of hydrogen-bond donors (Lipinski definition) is 1. The van der Waals surface area contributed by atoms with Gasteiger partial charge >= 0.3 is 0 Å². The lowest BCUT2D eigenvalue weighted by atomic mass is 10.1. The summed E-state index contributed by atoms with van der Waals surface area (Å²) in [6.45, 7) is 6.69. The van der Waals surface area contributed by atoms with E-state index in [1.807, 2.05) is 6.08 Å². The van der Waals surface area contributed by atoms with E-state index in [1.165, 1.54) is 0 Å². The smallest absolute Gasteiger partial charge is 0.000682 e. The highest BCUT2D eigenvalue weighted by molar-refractivity contribution is 4.78. The Bertz CT molecular complexity index is 110. The van der Waals surface area contributed by atoms with Gasteiger partial charge in [-0.15, -0.1) is 0 Å². The predicted octanol–water partition coefficient (Wildman–Crippen LogP) is 1.44. The molecule has 0 saturated heterocycles. The van der Waals surface area contributed by atoms with Gasteiger partial charge < -0.3 is 10.6 Å². The first kappa shape index (κ1) is 10.5. The molecule has 1 atom stereocenters. The van der Waals surface area contributed by atoms with Crippen LogP contribution in [0.25, 0.3) is 0 Å². The number of hydrogen-bond acceptors (Lipinski definition) is 2. The maximum absolute atomic E-state index is 5.25. The largest absolute Gasteiger partial charge is 0.405 e. The van der Waals surface area contributed by atoms with Crippen molar-refractivity contribution in [1.29, 1.82) is 0 Å². The predicted molar refractivity (Wildman–Crippen MR) is 50.3 cm³/mol. The van der Waals surface area contributed by atoms with Crippen LogP contribution in [-0.4, -0.2) is 25.0 Å². The summed E-state index contributed by atoms with van der Waals surface area (Å²) in [5.41, 5.74) is 5.25. The van der Waals surface area contributed by atoms with Gasteiger partial charge in [0, 0.05) is 6.54 Å². The SMILES string of the molecule is CCN(C)CC(C)C/C=C\N. The monoisotopic (exact) mass is 156 g/mol. The van der Waals surface area contributed by atoms with Crippen molar-refractivity contribution in [2.45, 2.75) is 20.3 Å². The van der Waals surface area contributed by atoms with Crippen molar-refractivity contribution in [2.24, 2.45) is 11.7 Å². The summed E-state index contributed by atoms with van der Waals surface area (Å²) in [6, 6.07) is 0. The van der Waals surface area contributed by atoms with E-state index < -0.39 is 0 Å². The van der Waals surface area contributed by atoms with E-state index >= 15 is 0 Å². The van der Waals surface area contributed by atoms with Crippen molar-refractivity contribution in [3.63, 3.8) is 0 Å². The van der Waals surface area contributed by atoms with Crippen LogP contribution in [0.1, 0.15) is 20.3 Å². The molecule has 2 heteroatoms. The van der Waals surface area contributed by atoms with Crippen molar-refractivity contribution in [1.82, 2.24) is 4.90 Å². The van der Waals surface area contributed by atoms with Gasteiger partial charge in [0.2, 0.25) is 0 Å². The second-order valence-corrected chi connectivity index (χ2v) is 3.12. The minimum absolute atomic E-state index is 0.708. The second-order valence-electron chi connectivity index (χ2n) is 3.12. The van der Waals surface area contributed by atoms with Gasteiger partial charge in [-0.2, -0.15) is 0 Å². The fraction of sp³-hybridized carbons (Fsp3) is 0.778. The van der Waals surface area contributed by atoms with Crippen molar-refractivity contribution < 1.29 is 0 Å². The Morgan fingerprint density at radius 1 is 1.55 bits per heavy atom. The van der Waals surface area contributed by atoms with E-state index in [2.05, 4.69) is 25.8 Å². The van der Waals surface area contributed by atoms with Crippen LogP contribution in [0.15, 0.2) is 12.3 Å². The summed E-state index contributed by atoms with van der Waals surface area (Å²) in [4.78, 5) is 2.31. The number of rotatable bonds is 5. The van der Waals surface area contributed by atoms with Crippen molar-refractivity contribution >= 4 is 0 Å². The molecule has 0 spiro atoms. The molecule has 0 aromatic heterocycles. The maximum Gasteiger partial charge on any atom is 0.000682 e. The third kappa shape index (κ3) is 5.92. The molecule has 11 heavy (non-hydrogen) atoms. The van der Waals surface area contributed by atoms with E-state index in [0.717, 1.165) is 19.5 Å². The van der Waals surface area contributed by atoms with Gasteiger partial charge in [-0.25, -0.2) is 0 Å². The highest BCUT2D eigenvalue weighted by Crippen LogP contribution is 2.03. The maximum atomic E-state index is 5.25. The lowest BCUT2D eigenvalue weighted by Gasteiger charge is -2.17. The van der Waals surface area contributed by atoms with Crippen LogP contribution in [0, 0.1) is 5.92 Å². The Labute approximate surface area is 70.1 Å². The molecule has 66 valence electrons. The average molecular weight is 156 g/mol. The Morgan fingerprint density at radius 3 is 2.64 bits per heavy atom. The molecule has 0 aliphatic rings. The van der Waals surface area contributed by atoms with Crippen LogP contribution in [0.4, 0.5) is 0 Å². The molecular weight excluding hydrogens is 136 g/mol. The highest BCUT2D eigenvalue weighted by atomic mass is 15.1. The molecule has 2 nitrogen and oxygen atoms in total. The van der Waals surface area contributed by atoms with E-state index in [1.54, 1.807) is 6.20 Å². The highest BCUT2D eigenvalue weighted by Gasteiger charge is 2.01. The standard InChI is InChI=1S/C9H20N2/c1-4-11(3)8-9(2)6-5-7-10/h5,7,9H,4,6,8,10H2,1-3H3/b7-5-. The first-order valence-corrected chi connectivity index (χ1v) is 4.26. The average Bonchev–Trinajstić information content (AvgIpc) is 2.00. The topological polar surface area (TPSA) is 29.3 Å². The zero-order valence-corrected chi connectivity index (χ0v) is 7.88. The van der Waals surface area contributed by atoms with Crippen LogP contribution < -0.4 is 5.73 Å². The van der Waals surface area contributed by atoms with Gasteiger partial charge in [-0.1, -0.05) is 19.9 Å². The van der Waals surface area contributed by atoms with E-state index in [-0.39, 0.29) is 0 Å². The summed E-state index contributed by atoms with van der Waals surface area (Å²) in [5.74, 6) is 0.708. The molecule has 0 aliphatic carbocycles. The molecule has 0 heterocycles. The fourth-order valence-electron chi connectivity index (χ4n) is 1.05. The van der Waals surface area contributed by atoms with Gasteiger partial charge in [0.15, 0.2) is 0 Å². The summed E-state index contributed by atoms with van der Waals surface area (Å²) < 4.78 is 0. The van der Waals surface area contributed by atoms with Gasteiger partial charge in [-0.3, -0.25) is 0 Å². The van der Waals surface area contributed by atoms with Gasteiger partial charge in [-0.05, 0) is 32.1 Å². The van der Waals surface area contributed by atoms with Gasteiger partial charge in [0.05, 0.1) is 0 Å². The van der Waals surface area contributed by atoms with Crippen LogP contribution in [-0.2, 0) is 0 Å². The number of allylic oxidation sites excluding steroid dienone is 1. The zero-order chi connectivity index (χ0) is 8.69. The van der Waals surface area contributed by atoms with Crippen LogP contribution >= 0.6 is 0 Å². The summed E-state index contributed by atoms with van der Waals surface area (Å²) in [7, 11) is 2.14. The molecule has 0 saturated carbocycles. The molecule has 2 N–H and O–H groups in total. The van der Waals surface area contributed by atoms with Crippen molar-refractivity contribution in [2.75, 3.05) is 20.1 Å². The molecule has 0 aromatic rings. The summed E-state index contributed by atoms with van der Waals surface area (Å²) in [6.07, 6.45) is 4.73. The summed E-state index contributed by atoms with van der Waals surface area (Å²) >= 11 is 0.